The van der Waals surface area contributed by atoms with Crippen LogP contribution in [0.25, 0.3) is 10.4 Å². The van der Waals surface area contributed by atoms with Crippen LogP contribution < -0.4 is 0 Å². The Balaban J connectivity index is 2.91. The van der Waals surface area contributed by atoms with Crippen molar-refractivity contribution in [1.82, 2.24) is 0 Å². The number of hydrogen-bond donors (Lipinski definition) is 1. The van der Waals surface area contributed by atoms with Gasteiger partial charge in [-0.1, -0.05) is 17.0 Å². The minimum atomic E-state index is -4.48. The monoisotopic (exact) mass is 255 g/mol. The van der Waals surface area contributed by atoms with E-state index in [0.29, 0.717) is 0 Å². The van der Waals surface area contributed by atoms with Crippen LogP contribution >= 0.6 is 0 Å². The van der Waals surface area contributed by atoms with Crippen LogP contribution in [-0.4, -0.2) is 11.7 Å². The molecule has 1 aromatic carbocycles. The second-order valence-corrected chi connectivity index (χ2v) is 3.24. The lowest BCUT2D eigenvalue weighted by molar-refractivity contribution is -0.137. The van der Waals surface area contributed by atoms with Gasteiger partial charge < -0.3 is 5.11 Å². The van der Waals surface area contributed by atoms with E-state index < -0.39 is 11.7 Å². The van der Waals surface area contributed by atoms with Crippen LogP contribution in [0.4, 0.5) is 13.2 Å². The Hall–Kier alpha value is -2.32. The maximum Gasteiger partial charge on any atom is 0.416 e. The number of nitrogens with zero attached hydrogens (tertiary/aromatic N) is 3. The number of alkyl halides is 3. The molecule has 0 aromatic heterocycles. The number of hydrogen-bond acceptors (Lipinski definition) is 2. The lowest BCUT2D eigenvalue weighted by atomic mass is 10.1. The summed E-state index contributed by atoms with van der Waals surface area (Å²) in [6.45, 7) is 0.128. The third-order valence-corrected chi connectivity index (χ3v) is 1.95. The highest BCUT2D eigenvalue weighted by molar-refractivity contribution is 5.47. The first kappa shape index (κ1) is 13.7. The highest BCUT2D eigenvalue weighted by Gasteiger charge is 2.30. The summed E-state index contributed by atoms with van der Waals surface area (Å²) >= 11 is 0. The second-order valence-electron chi connectivity index (χ2n) is 3.24. The largest absolute Gasteiger partial charge is 0.507 e. The van der Waals surface area contributed by atoms with Gasteiger partial charge in [-0.25, -0.2) is 0 Å². The van der Waals surface area contributed by atoms with Gasteiger partial charge in [-0.3, -0.25) is 0 Å². The fourth-order valence-electron chi connectivity index (χ4n) is 1.12. The van der Waals surface area contributed by atoms with E-state index in [1.807, 2.05) is 0 Å². The highest BCUT2D eigenvalue weighted by Crippen LogP contribution is 2.31. The van der Waals surface area contributed by atoms with Crippen molar-refractivity contribution < 1.29 is 18.3 Å². The molecule has 1 aromatic rings. The number of halogens is 3. The van der Waals surface area contributed by atoms with E-state index in [4.69, 9.17) is 5.53 Å². The second kappa shape index (κ2) is 5.84. The fourth-order valence-corrected chi connectivity index (χ4v) is 1.12. The van der Waals surface area contributed by atoms with Gasteiger partial charge in [0.05, 0.1) is 11.1 Å². The molecule has 0 bridgehead atoms. The number of azide groups is 1. The van der Waals surface area contributed by atoms with Crippen LogP contribution in [0, 0.1) is 11.8 Å². The lowest BCUT2D eigenvalue weighted by Gasteiger charge is -2.07. The van der Waals surface area contributed by atoms with Gasteiger partial charge in [-0.15, -0.1) is 0 Å². The molecule has 0 aliphatic carbocycles. The zero-order valence-electron chi connectivity index (χ0n) is 9.07. The predicted octanol–water partition coefficient (Wildman–Crippen LogP) is 3.46. The van der Waals surface area contributed by atoms with E-state index in [1.165, 1.54) is 0 Å². The first-order valence-electron chi connectivity index (χ1n) is 4.85. The van der Waals surface area contributed by atoms with Gasteiger partial charge in [0.15, 0.2) is 0 Å². The smallest absolute Gasteiger partial charge is 0.416 e. The number of rotatable bonds is 2. The average Bonchev–Trinajstić information content (AvgIpc) is 2.29. The van der Waals surface area contributed by atoms with Crippen LogP contribution in [0.5, 0.6) is 5.75 Å². The summed E-state index contributed by atoms with van der Waals surface area (Å²) in [5.74, 6) is 4.59. The van der Waals surface area contributed by atoms with Crippen LogP contribution in [0.15, 0.2) is 23.3 Å². The first-order chi connectivity index (χ1) is 8.45. The quantitative estimate of drug-likeness (QED) is 0.284. The van der Waals surface area contributed by atoms with Gasteiger partial charge in [0, 0.05) is 17.9 Å². The van der Waals surface area contributed by atoms with Crippen molar-refractivity contribution in [1.29, 1.82) is 0 Å². The first-order valence-corrected chi connectivity index (χ1v) is 4.85. The Morgan fingerprint density at radius 3 is 2.72 bits per heavy atom. The van der Waals surface area contributed by atoms with Crippen LogP contribution in [-0.2, 0) is 6.18 Å². The maximum absolute atomic E-state index is 12.4. The summed E-state index contributed by atoms with van der Waals surface area (Å²) in [7, 11) is 0. The molecule has 0 unspecified atom stereocenters. The molecule has 7 heteroatoms. The number of phenolic OH excluding ortho intramolecular Hbond substituents is 1. The van der Waals surface area contributed by atoms with Crippen LogP contribution in [0.1, 0.15) is 17.5 Å². The zero-order valence-corrected chi connectivity index (χ0v) is 9.07. The summed E-state index contributed by atoms with van der Waals surface area (Å²) in [6, 6.07) is 2.50. The van der Waals surface area contributed by atoms with Gasteiger partial charge >= 0.3 is 6.18 Å². The van der Waals surface area contributed by atoms with E-state index >= 15 is 0 Å². The summed E-state index contributed by atoms with van der Waals surface area (Å²) < 4.78 is 37.2. The predicted molar refractivity (Wildman–Crippen MR) is 58.6 cm³/mol. The van der Waals surface area contributed by atoms with Crippen molar-refractivity contribution in [3.63, 3.8) is 0 Å². The normalized spacial score (nSPS) is 10.2. The molecule has 94 valence electrons. The van der Waals surface area contributed by atoms with E-state index in [2.05, 4.69) is 21.9 Å². The summed E-state index contributed by atoms with van der Waals surface area (Å²) in [5.41, 5.74) is 7.02. The highest BCUT2D eigenvalue weighted by atomic mass is 19.4. The topological polar surface area (TPSA) is 69.0 Å². The Morgan fingerprint density at radius 2 is 2.11 bits per heavy atom. The van der Waals surface area contributed by atoms with E-state index in [1.54, 1.807) is 0 Å². The molecular weight excluding hydrogens is 247 g/mol. The Kier molecular flexibility index (Phi) is 4.46. The molecule has 0 radical (unpaired) electrons. The molecule has 18 heavy (non-hydrogen) atoms. The molecule has 0 amide bonds. The standard InChI is InChI=1S/C11H8F3N3O/c12-11(13,14)9-4-5-10(18)8(7-9)3-1-2-6-16-17-15/h4-5,7,18H,2,6H2. The van der Waals surface area contributed by atoms with Gasteiger partial charge in [-0.2, -0.15) is 13.2 Å². The van der Waals surface area contributed by atoms with Crippen LogP contribution in [0.2, 0.25) is 0 Å². The maximum atomic E-state index is 12.4. The molecule has 0 aliphatic heterocycles. The van der Waals surface area contributed by atoms with Crippen LogP contribution in [0.3, 0.4) is 0 Å². The molecule has 0 atom stereocenters. The summed E-state index contributed by atoms with van der Waals surface area (Å²) in [4.78, 5) is 2.50. The molecule has 0 heterocycles. The summed E-state index contributed by atoms with van der Waals surface area (Å²) in [6.07, 6.45) is -4.27. The number of aromatic hydroxyl groups is 1. The van der Waals surface area contributed by atoms with Gasteiger partial charge in [0.2, 0.25) is 0 Å². The Bertz CT molecular complexity index is 537. The van der Waals surface area contributed by atoms with Crippen molar-refractivity contribution in [3.05, 3.63) is 39.8 Å². The van der Waals surface area contributed by atoms with Crippen molar-refractivity contribution >= 4 is 0 Å². The molecule has 0 spiro atoms. The van der Waals surface area contributed by atoms with E-state index in [9.17, 15) is 18.3 Å². The Morgan fingerprint density at radius 1 is 1.39 bits per heavy atom. The van der Waals surface area contributed by atoms with E-state index in [-0.39, 0.29) is 24.3 Å². The Labute approximate surface area is 101 Å². The third kappa shape index (κ3) is 3.92. The molecule has 1 rings (SSSR count). The average molecular weight is 255 g/mol. The van der Waals surface area contributed by atoms with Crippen molar-refractivity contribution in [2.75, 3.05) is 6.54 Å². The van der Waals surface area contributed by atoms with E-state index in [0.717, 1.165) is 18.2 Å². The molecular formula is C11H8F3N3O. The molecule has 0 saturated carbocycles. The van der Waals surface area contributed by atoms with Gasteiger partial charge in [0.1, 0.15) is 5.75 Å². The third-order valence-electron chi connectivity index (χ3n) is 1.95. The van der Waals surface area contributed by atoms with Crippen molar-refractivity contribution in [2.24, 2.45) is 5.11 Å². The zero-order chi connectivity index (χ0) is 13.6. The summed E-state index contributed by atoms with van der Waals surface area (Å²) in [5, 5.41) is 12.6. The molecule has 0 fully saturated rings. The minimum Gasteiger partial charge on any atom is -0.507 e. The number of phenols is 1. The molecule has 0 saturated heterocycles. The van der Waals surface area contributed by atoms with Gasteiger partial charge in [-0.05, 0) is 23.7 Å². The SMILES string of the molecule is [N-]=[N+]=NCCC#Cc1cc(C(F)(F)F)ccc1O. The van der Waals surface area contributed by atoms with Gasteiger partial charge in [0.25, 0.3) is 0 Å². The lowest BCUT2D eigenvalue weighted by Crippen LogP contribution is -2.04. The number of benzene rings is 1. The van der Waals surface area contributed by atoms with Crippen molar-refractivity contribution in [2.45, 2.75) is 12.6 Å². The minimum absolute atomic E-state index is 0.106. The molecule has 4 nitrogen and oxygen atoms in total. The fraction of sp³-hybridized carbons (Fsp3) is 0.273. The van der Waals surface area contributed by atoms with Crippen molar-refractivity contribution in [3.8, 4) is 17.6 Å². The molecule has 1 N–H and O–H groups in total. The molecule has 0 aliphatic rings.